The number of nitrogens with two attached hydrogens (primary N) is 1. The van der Waals surface area contributed by atoms with Gasteiger partial charge in [0.25, 0.3) is 5.91 Å². The lowest BCUT2D eigenvalue weighted by Gasteiger charge is -2.29. The number of hydrogen-bond acceptors (Lipinski definition) is 5. The normalized spacial score (nSPS) is 21.3. The molecule has 0 radical (unpaired) electrons. The van der Waals surface area contributed by atoms with E-state index >= 15 is 0 Å². The molecule has 27 heavy (non-hydrogen) atoms. The summed E-state index contributed by atoms with van der Waals surface area (Å²) in [5.41, 5.74) is 6.67. The fourth-order valence-electron chi connectivity index (χ4n) is 3.38. The molecule has 10 heteroatoms. The highest BCUT2D eigenvalue weighted by Crippen LogP contribution is 2.30. The third kappa shape index (κ3) is 3.81. The molecule has 146 valence electrons. The minimum absolute atomic E-state index is 0.109. The van der Waals surface area contributed by atoms with E-state index in [1.54, 1.807) is 18.2 Å². The van der Waals surface area contributed by atoms with Crippen LogP contribution < -0.4 is 16.4 Å². The quantitative estimate of drug-likeness (QED) is 0.639. The largest absolute Gasteiger partial charge is 0.405 e. The summed E-state index contributed by atoms with van der Waals surface area (Å²) >= 11 is 0. The summed E-state index contributed by atoms with van der Waals surface area (Å²) in [6.07, 6.45) is -4.11. The summed E-state index contributed by atoms with van der Waals surface area (Å²) < 4.78 is 38.6. The van der Waals surface area contributed by atoms with Gasteiger partial charge in [-0.3, -0.25) is 19.7 Å². The second-order valence-electron chi connectivity index (χ2n) is 6.55. The van der Waals surface area contributed by atoms with Crippen LogP contribution in [0.4, 0.5) is 13.2 Å². The highest BCUT2D eigenvalue weighted by Gasteiger charge is 2.41. The fourth-order valence-corrected chi connectivity index (χ4v) is 3.38. The molecule has 2 aliphatic rings. The number of nitrogens with one attached hydrogen (secondary N) is 2. The molecule has 1 saturated heterocycles. The average Bonchev–Trinajstić information content (AvgIpc) is 2.92. The summed E-state index contributed by atoms with van der Waals surface area (Å²) in [7, 11) is 0. The van der Waals surface area contributed by atoms with Gasteiger partial charge in [0.05, 0.1) is 0 Å². The highest BCUT2D eigenvalue weighted by molar-refractivity contribution is 6.05. The third-order valence-electron chi connectivity index (χ3n) is 4.85. The van der Waals surface area contributed by atoms with E-state index in [9.17, 15) is 27.6 Å². The van der Waals surface area contributed by atoms with Gasteiger partial charge in [0.2, 0.25) is 11.8 Å². The summed E-state index contributed by atoms with van der Waals surface area (Å²) in [4.78, 5) is 37.4. The van der Waals surface area contributed by atoms with Gasteiger partial charge < -0.3 is 16.0 Å². The summed E-state index contributed by atoms with van der Waals surface area (Å²) in [6, 6.07) is 2.19. The van der Waals surface area contributed by atoms with Crippen LogP contribution in [-0.2, 0) is 22.7 Å². The molecule has 2 heterocycles. The summed E-state index contributed by atoms with van der Waals surface area (Å²) in [6.45, 7) is -0.599. The molecule has 0 aromatic heterocycles. The van der Waals surface area contributed by atoms with Crippen molar-refractivity contribution in [1.82, 2.24) is 15.5 Å². The van der Waals surface area contributed by atoms with Crippen LogP contribution in [0.1, 0.15) is 34.3 Å². The maximum atomic E-state index is 12.9. The number of rotatable bonds is 5. The second-order valence-corrected chi connectivity index (χ2v) is 6.55. The molecule has 3 rings (SSSR count). The van der Waals surface area contributed by atoms with Gasteiger partial charge in [-0.05, 0) is 23.6 Å². The van der Waals surface area contributed by atoms with Gasteiger partial charge in [-0.15, -0.1) is 0 Å². The van der Waals surface area contributed by atoms with Crippen LogP contribution in [0.15, 0.2) is 18.2 Å². The molecule has 0 bridgehead atoms. The van der Waals surface area contributed by atoms with E-state index in [4.69, 9.17) is 5.73 Å². The first-order valence-corrected chi connectivity index (χ1v) is 8.48. The van der Waals surface area contributed by atoms with Crippen LogP contribution in [-0.4, -0.2) is 47.4 Å². The summed E-state index contributed by atoms with van der Waals surface area (Å²) in [5, 5.41) is 4.58. The Morgan fingerprint density at radius 3 is 2.67 bits per heavy atom. The van der Waals surface area contributed by atoms with E-state index in [0.29, 0.717) is 16.7 Å². The number of halogens is 3. The van der Waals surface area contributed by atoms with Crippen molar-refractivity contribution in [1.29, 1.82) is 0 Å². The van der Waals surface area contributed by atoms with Crippen molar-refractivity contribution >= 4 is 17.7 Å². The predicted molar refractivity (Wildman–Crippen MR) is 88.2 cm³/mol. The number of alkyl halides is 3. The van der Waals surface area contributed by atoms with Crippen molar-refractivity contribution in [3.63, 3.8) is 0 Å². The Morgan fingerprint density at radius 2 is 2.04 bits per heavy atom. The number of hydrogen-bond donors (Lipinski definition) is 3. The topological polar surface area (TPSA) is 105 Å². The zero-order valence-electron chi connectivity index (χ0n) is 14.3. The molecule has 2 atom stereocenters. The minimum atomic E-state index is -4.47. The van der Waals surface area contributed by atoms with Crippen LogP contribution in [0.2, 0.25) is 0 Å². The maximum absolute atomic E-state index is 12.9. The van der Waals surface area contributed by atoms with Crippen LogP contribution in [0.3, 0.4) is 0 Å². The molecule has 0 aliphatic carbocycles. The Balaban J connectivity index is 1.78. The maximum Gasteiger partial charge on any atom is 0.405 e. The van der Waals surface area contributed by atoms with Gasteiger partial charge in [-0.2, -0.15) is 13.2 Å². The van der Waals surface area contributed by atoms with Gasteiger partial charge in [0.15, 0.2) is 0 Å². The molecule has 0 spiro atoms. The Hall–Kier alpha value is -2.46. The van der Waals surface area contributed by atoms with Gasteiger partial charge in [-0.1, -0.05) is 12.1 Å². The number of benzene rings is 1. The Kier molecular flexibility index (Phi) is 5.20. The number of imide groups is 1. The molecule has 1 aromatic carbocycles. The molecule has 1 aromatic rings. The van der Waals surface area contributed by atoms with Crippen molar-refractivity contribution in [3.8, 4) is 0 Å². The number of fused-ring (bicyclic) bond motifs is 1. The molecule has 1 fully saturated rings. The lowest BCUT2D eigenvalue weighted by Crippen LogP contribution is -2.52. The lowest BCUT2D eigenvalue weighted by atomic mass is 10.0. The van der Waals surface area contributed by atoms with E-state index in [1.807, 2.05) is 0 Å². The fraction of sp³-hybridized carbons (Fsp3) is 0.471. The van der Waals surface area contributed by atoms with E-state index < -0.39 is 30.7 Å². The van der Waals surface area contributed by atoms with Crippen molar-refractivity contribution in [2.45, 2.75) is 44.2 Å². The highest BCUT2D eigenvalue weighted by atomic mass is 19.4. The molecular formula is C17H19F3N4O3. The number of piperidine rings is 1. The molecule has 3 amide bonds. The molecule has 4 N–H and O–H groups in total. The zero-order chi connectivity index (χ0) is 19.8. The monoisotopic (exact) mass is 384 g/mol. The smallest absolute Gasteiger partial charge is 0.329 e. The Labute approximate surface area is 153 Å². The Morgan fingerprint density at radius 1 is 1.30 bits per heavy atom. The van der Waals surface area contributed by atoms with Crippen molar-refractivity contribution in [3.05, 3.63) is 34.9 Å². The number of amides is 3. The minimum Gasteiger partial charge on any atom is -0.329 e. The predicted octanol–water partition coefficient (Wildman–Crippen LogP) is 0.427. The van der Waals surface area contributed by atoms with Crippen LogP contribution >= 0.6 is 0 Å². The Bertz CT molecular complexity index is 781. The van der Waals surface area contributed by atoms with Crippen LogP contribution in [0.25, 0.3) is 0 Å². The standard InChI is InChI=1S/C17H19F3N4O3/c18-17(19,20)13(6-21)22-7-9-2-1-3-10-11(9)8-24(16(10)27)12-4-5-14(25)23-15(12)26/h1-3,12-13,22H,4-8,21H2,(H,23,25,26). The summed E-state index contributed by atoms with van der Waals surface area (Å²) in [5.74, 6) is -1.29. The van der Waals surface area contributed by atoms with E-state index in [2.05, 4.69) is 10.6 Å². The lowest BCUT2D eigenvalue weighted by molar-refractivity contribution is -0.153. The van der Waals surface area contributed by atoms with Crippen molar-refractivity contribution in [2.24, 2.45) is 5.73 Å². The zero-order valence-corrected chi connectivity index (χ0v) is 14.3. The molecule has 2 aliphatic heterocycles. The van der Waals surface area contributed by atoms with E-state index in [0.717, 1.165) is 0 Å². The van der Waals surface area contributed by atoms with E-state index in [-0.39, 0.29) is 37.7 Å². The number of carbonyl (C=O) groups is 3. The van der Waals surface area contributed by atoms with Crippen LogP contribution in [0.5, 0.6) is 0 Å². The molecule has 2 unspecified atom stereocenters. The molecule has 7 nitrogen and oxygen atoms in total. The molecular weight excluding hydrogens is 365 g/mol. The number of nitrogens with zero attached hydrogens (tertiary/aromatic N) is 1. The van der Waals surface area contributed by atoms with Gasteiger partial charge in [0.1, 0.15) is 12.1 Å². The first-order chi connectivity index (χ1) is 12.7. The third-order valence-corrected chi connectivity index (χ3v) is 4.85. The van der Waals surface area contributed by atoms with Crippen LogP contribution in [0, 0.1) is 0 Å². The van der Waals surface area contributed by atoms with Gasteiger partial charge in [-0.25, -0.2) is 0 Å². The van der Waals surface area contributed by atoms with Gasteiger partial charge in [0, 0.05) is 31.6 Å². The van der Waals surface area contributed by atoms with Crippen molar-refractivity contribution in [2.75, 3.05) is 6.54 Å². The number of carbonyl (C=O) groups excluding carboxylic acids is 3. The van der Waals surface area contributed by atoms with Crippen molar-refractivity contribution < 1.29 is 27.6 Å². The average molecular weight is 384 g/mol. The first-order valence-electron chi connectivity index (χ1n) is 8.48. The van der Waals surface area contributed by atoms with Gasteiger partial charge >= 0.3 is 6.18 Å². The SMILES string of the molecule is NCC(NCc1cccc2c1CN(C1CCC(=O)NC1=O)C2=O)C(F)(F)F. The first kappa shape index (κ1) is 19.3. The second kappa shape index (κ2) is 7.28. The van der Waals surface area contributed by atoms with E-state index in [1.165, 1.54) is 4.90 Å². The molecule has 0 saturated carbocycles.